The van der Waals surface area contributed by atoms with Gasteiger partial charge in [-0.2, -0.15) is 5.10 Å². The van der Waals surface area contributed by atoms with Gasteiger partial charge >= 0.3 is 0 Å². The zero-order valence-electron chi connectivity index (χ0n) is 18.4. The number of nitrogens with one attached hydrogen (secondary N) is 1. The first-order valence-electron chi connectivity index (χ1n) is 10.7. The van der Waals surface area contributed by atoms with Crippen LogP contribution < -0.4 is 10.2 Å². The molecule has 1 saturated heterocycles. The van der Waals surface area contributed by atoms with Crippen LogP contribution in [0.1, 0.15) is 21.6 Å². The number of morpholine rings is 1. The standard InChI is InChI=1S/C24H23ClN6O2/c1-15-16(2)23-26-14-19(31(23)29-22(15)17-6-3-4-7-18(17)25)24(32)28-20-8-5-9-21(27-20)30-10-12-33-13-11-30/h3-9,14H,10-13H2,1-2H3,(H,27,28,32). The predicted octanol–water partition coefficient (Wildman–Crippen LogP) is 4.15. The van der Waals surface area contributed by atoms with Crippen molar-refractivity contribution in [3.8, 4) is 11.3 Å². The van der Waals surface area contributed by atoms with Crippen molar-refractivity contribution in [1.82, 2.24) is 19.6 Å². The van der Waals surface area contributed by atoms with Crippen molar-refractivity contribution in [1.29, 1.82) is 0 Å². The number of imidazole rings is 1. The van der Waals surface area contributed by atoms with E-state index in [1.54, 1.807) is 10.6 Å². The van der Waals surface area contributed by atoms with Crippen molar-refractivity contribution in [3.63, 3.8) is 0 Å². The third-order valence-corrected chi connectivity index (χ3v) is 6.19. The van der Waals surface area contributed by atoms with E-state index >= 15 is 0 Å². The van der Waals surface area contributed by atoms with Crippen molar-refractivity contribution in [2.75, 3.05) is 36.5 Å². The van der Waals surface area contributed by atoms with Gasteiger partial charge < -0.3 is 15.0 Å². The number of halogens is 1. The maximum Gasteiger partial charge on any atom is 0.277 e. The SMILES string of the molecule is Cc1c(-c2ccccc2Cl)nn2c(C(=O)Nc3cccc(N4CCOCC4)n3)cnc2c1C. The normalized spacial score (nSPS) is 14.0. The van der Waals surface area contributed by atoms with Crippen LogP contribution in [-0.2, 0) is 4.74 Å². The van der Waals surface area contributed by atoms with Crippen LogP contribution in [0.2, 0.25) is 5.02 Å². The van der Waals surface area contributed by atoms with Crippen LogP contribution in [-0.4, -0.2) is 51.8 Å². The van der Waals surface area contributed by atoms with Crippen LogP contribution in [0.5, 0.6) is 0 Å². The lowest BCUT2D eigenvalue weighted by molar-refractivity contribution is 0.102. The Morgan fingerprint density at radius 3 is 2.64 bits per heavy atom. The Hall–Kier alpha value is -3.49. The highest BCUT2D eigenvalue weighted by Gasteiger charge is 2.20. The Labute approximate surface area is 196 Å². The fraction of sp³-hybridized carbons (Fsp3) is 0.250. The molecule has 0 saturated carbocycles. The fourth-order valence-corrected chi connectivity index (χ4v) is 4.15. The molecule has 4 aromatic rings. The summed E-state index contributed by atoms with van der Waals surface area (Å²) in [7, 11) is 0. The Balaban J connectivity index is 1.49. The van der Waals surface area contributed by atoms with Crippen molar-refractivity contribution < 1.29 is 9.53 Å². The summed E-state index contributed by atoms with van der Waals surface area (Å²) < 4.78 is 6.98. The molecule has 0 radical (unpaired) electrons. The molecule has 1 aliphatic heterocycles. The number of anilines is 2. The monoisotopic (exact) mass is 462 g/mol. The third kappa shape index (κ3) is 4.03. The van der Waals surface area contributed by atoms with Crippen LogP contribution in [0.4, 0.5) is 11.6 Å². The lowest BCUT2D eigenvalue weighted by Gasteiger charge is -2.27. The number of carbonyl (C=O) groups is 1. The van der Waals surface area contributed by atoms with E-state index in [-0.39, 0.29) is 5.91 Å². The molecule has 0 unspecified atom stereocenters. The molecular formula is C24H23ClN6O2. The van der Waals surface area contributed by atoms with Gasteiger partial charge in [0, 0.05) is 18.7 Å². The first-order chi connectivity index (χ1) is 16.0. The molecule has 1 amide bonds. The van der Waals surface area contributed by atoms with Crippen LogP contribution in [0.15, 0.2) is 48.7 Å². The molecule has 1 N–H and O–H groups in total. The molecule has 9 heteroatoms. The summed E-state index contributed by atoms with van der Waals surface area (Å²) in [6.45, 7) is 6.82. The maximum atomic E-state index is 13.2. The van der Waals surface area contributed by atoms with Gasteiger partial charge in [-0.1, -0.05) is 35.9 Å². The second-order valence-electron chi connectivity index (χ2n) is 7.89. The molecule has 0 aliphatic carbocycles. The van der Waals surface area contributed by atoms with Gasteiger partial charge in [-0.3, -0.25) is 4.79 Å². The van der Waals surface area contributed by atoms with Gasteiger partial charge in [-0.15, -0.1) is 0 Å². The molecule has 1 fully saturated rings. The number of hydrogen-bond acceptors (Lipinski definition) is 6. The summed E-state index contributed by atoms with van der Waals surface area (Å²) in [5, 5.41) is 8.23. The number of nitrogens with zero attached hydrogens (tertiary/aromatic N) is 5. The van der Waals surface area contributed by atoms with Crippen LogP contribution in [0.25, 0.3) is 16.9 Å². The van der Waals surface area contributed by atoms with E-state index in [0.29, 0.717) is 41.1 Å². The Kier molecular flexibility index (Phi) is 5.70. The van der Waals surface area contributed by atoms with Gasteiger partial charge in [0.15, 0.2) is 11.3 Å². The van der Waals surface area contributed by atoms with Crippen molar-refractivity contribution in [3.05, 3.63) is 70.5 Å². The molecule has 4 heterocycles. The summed E-state index contributed by atoms with van der Waals surface area (Å²) >= 11 is 6.43. The van der Waals surface area contributed by atoms with E-state index in [2.05, 4.69) is 20.2 Å². The van der Waals surface area contributed by atoms with Gasteiger partial charge in [0.25, 0.3) is 5.91 Å². The predicted molar refractivity (Wildman–Crippen MR) is 128 cm³/mol. The molecule has 8 nitrogen and oxygen atoms in total. The molecule has 168 valence electrons. The van der Waals surface area contributed by atoms with E-state index in [1.807, 2.05) is 50.2 Å². The number of rotatable bonds is 4. The number of amides is 1. The molecule has 5 rings (SSSR count). The van der Waals surface area contributed by atoms with Gasteiger partial charge in [0.05, 0.1) is 30.1 Å². The highest BCUT2D eigenvalue weighted by Crippen LogP contribution is 2.31. The number of fused-ring (bicyclic) bond motifs is 1. The van der Waals surface area contributed by atoms with Crippen molar-refractivity contribution in [2.45, 2.75) is 13.8 Å². The Bertz CT molecular complexity index is 1350. The Morgan fingerprint density at radius 1 is 1.06 bits per heavy atom. The number of aryl methyl sites for hydroxylation is 1. The average molecular weight is 463 g/mol. The average Bonchev–Trinajstić information content (AvgIpc) is 3.27. The number of pyridine rings is 1. The second kappa shape index (κ2) is 8.80. The molecular weight excluding hydrogens is 440 g/mol. The first kappa shape index (κ1) is 21.4. The molecule has 0 atom stereocenters. The lowest BCUT2D eigenvalue weighted by atomic mass is 10.0. The maximum absolute atomic E-state index is 13.2. The summed E-state index contributed by atoms with van der Waals surface area (Å²) in [5.41, 5.74) is 4.37. The minimum atomic E-state index is -0.338. The van der Waals surface area contributed by atoms with Gasteiger partial charge in [-0.25, -0.2) is 14.5 Å². The molecule has 33 heavy (non-hydrogen) atoms. The smallest absolute Gasteiger partial charge is 0.277 e. The van der Waals surface area contributed by atoms with Crippen molar-refractivity contribution >= 4 is 34.8 Å². The zero-order chi connectivity index (χ0) is 22.9. The summed E-state index contributed by atoms with van der Waals surface area (Å²) in [5.74, 6) is 0.934. The molecule has 1 aliphatic rings. The fourth-order valence-electron chi connectivity index (χ4n) is 3.93. The van der Waals surface area contributed by atoms with E-state index in [1.165, 1.54) is 6.20 Å². The number of ether oxygens (including phenoxy) is 1. The van der Waals surface area contributed by atoms with Crippen molar-refractivity contribution in [2.24, 2.45) is 0 Å². The largest absolute Gasteiger partial charge is 0.378 e. The number of aromatic nitrogens is 4. The van der Waals surface area contributed by atoms with E-state index in [9.17, 15) is 4.79 Å². The number of carbonyl (C=O) groups excluding carboxylic acids is 1. The van der Waals surface area contributed by atoms with E-state index in [0.717, 1.165) is 35.6 Å². The van der Waals surface area contributed by atoms with Gasteiger partial charge in [0.2, 0.25) is 0 Å². The highest BCUT2D eigenvalue weighted by molar-refractivity contribution is 6.33. The highest BCUT2D eigenvalue weighted by atomic mass is 35.5. The molecule has 0 spiro atoms. The first-order valence-corrected chi connectivity index (χ1v) is 11.1. The number of hydrogen-bond donors (Lipinski definition) is 1. The quantitative estimate of drug-likeness (QED) is 0.490. The topological polar surface area (TPSA) is 84.7 Å². The molecule has 1 aromatic carbocycles. The van der Waals surface area contributed by atoms with E-state index in [4.69, 9.17) is 21.4 Å². The van der Waals surface area contributed by atoms with Crippen LogP contribution in [0, 0.1) is 13.8 Å². The van der Waals surface area contributed by atoms with Crippen LogP contribution in [0.3, 0.4) is 0 Å². The molecule has 3 aromatic heterocycles. The zero-order valence-corrected chi connectivity index (χ0v) is 19.1. The van der Waals surface area contributed by atoms with Crippen LogP contribution >= 0.6 is 11.6 Å². The minimum Gasteiger partial charge on any atom is -0.378 e. The van der Waals surface area contributed by atoms with Gasteiger partial charge in [-0.05, 0) is 43.2 Å². The summed E-state index contributed by atoms with van der Waals surface area (Å²) in [4.78, 5) is 24.4. The molecule has 0 bridgehead atoms. The van der Waals surface area contributed by atoms with Gasteiger partial charge in [0.1, 0.15) is 11.6 Å². The Morgan fingerprint density at radius 2 is 1.85 bits per heavy atom. The lowest BCUT2D eigenvalue weighted by Crippen LogP contribution is -2.36. The number of benzene rings is 1. The van der Waals surface area contributed by atoms with E-state index < -0.39 is 0 Å². The second-order valence-corrected chi connectivity index (χ2v) is 8.30. The summed E-state index contributed by atoms with van der Waals surface area (Å²) in [6.07, 6.45) is 1.53. The summed E-state index contributed by atoms with van der Waals surface area (Å²) in [6, 6.07) is 13.1. The third-order valence-electron chi connectivity index (χ3n) is 5.86. The minimum absolute atomic E-state index is 0.319.